The van der Waals surface area contributed by atoms with E-state index >= 15 is 0 Å². The number of aryl methyl sites for hydroxylation is 2. The van der Waals surface area contributed by atoms with Gasteiger partial charge in [0.15, 0.2) is 0 Å². The lowest BCUT2D eigenvalue weighted by Gasteiger charge is -2.18. The molecule has 0 aliphatic heterocycles. The summed E-state index contributed by atoms with van der Waals surface area (Å²) in [6.07, 6.45) is 13.9. The van der Waals surface area contributed by atoms with Crippen molar-refractivity contribution in [1.82, 2.24) is 9.13 Å². The average molecular weight is 517 g/mol. The van der Waals surface area contributed by atoms with Gasteiger partial charge >= 0.3 is 0 Å². The Kier molecular flexibility index (Phi) is 5.25. The molecular formula is C38H32N2. The van der Waals surface area contributed by atoms with Gasteiger partial charge < -0.3 is 9.13 Å². The minimum Gasteiger partial charge on any atom is -0.313 e. The predicted octanol–water partition coefficient (Wildman–Crippen LogP) is 9.78. The van der Waals surface area contributed by atoms with Crippen LogP contribution in [-0.2, 0) is 12.8 Å². The summed E-state index contributed by atoms with van der Waals surface area (Å²) >= 11 is 0. The maximum Gasteiger partial charge on any atom is 0.0541 e. The summed E-state index contributed by atoms with van der Waals surface area (Å²) in [6.45, 7) is 4.51. The van der Waals surface area contributed by atoms with E-state index in [9.17, 15) is 0 Å². The molecule has 0 N–H and O–H groups in total. The largest absolute Gasteiger partial charge is 0.313 e. The second-order valence-electron chi connectivity index (χ2n) is 11.3. The van der Waals surface area contributed by atoms with Crippen LogP contribution in [0.2, 0.25) is 0 Å². The Bertz CT molecular complexity index is 1970. The Labute approximate surface area is 235 Å². The Morgan fingerprint density at radius 2 is 1.15 bits per heavy atom. The number of nitrogens with zero attached hydrogens (tertiary/aromatic N) is 2. The lowest BCUT2D eigenvalue weighted by molar-refractivity contribution is 0.867. The third-order valence-corrected chi connectivity index (χ3v) is 8.93. The Balaban J connectivity index is 1.22. The zero-order valence-electron chi connectivity index (χ0n) is 23.1. The molecule has 194 valence electrons. The SMILES string of the molecule is Cc1cc(-n2c3c(c4c2CCC=C4)CCC=C3)ccc1-c1ccc(-n2c3ccccc3c3ccccc32)cc1C. The van der Waals surface area contributed by atoms with Crippen LogP contribution in [-0.4, -0.2) is 9.13 Å². The molecule has 0 fully saturated rings. The first kappa shape index (κ1) is 23.3. The van der Waals surface area contributed by atoms with Crippen molar-refractivity contribution < 1.29 is 0 Å². The van der Waals surface area contributed by atoms with Crippen LogP contribution in [0.15, 0.2) is 97.1 Å². The summed E-state index contributed by atoms with van der Waals surface area (Å²) in [4.78, 5) is 0. The standard InChI is InChI=1S/C38H32N2/c1-25-23-27(39-35-15-7-3-11-31(35)32-12-4-8-16-36(32)39)19-21-29(25)30-22-20-28(24-26(30)2)40-37-17-9-5-13-33(37)34-14-6-10-18-38(34)40/h3-5,7-8,10-13,15-16,18-24H,6,9,14,17H2,1-2H3. The highest BCUT2D eigenvalue weighted by Gasteiger charge is 2.23. The van der Waals surface area contributed by atoms with E-state index < -0.39 is 0 Å². The van der Waals surface area contributed by atoms with Gasteiger partial charge in [0.1, 0.15) is 0 Å². The molecule has 2 nitrogen and oxygen atoms in total. The van der Waals surface area contributed by atoms with Crippen LogP contribution < -0.4 is 0 Å². The van der Waals surface area contributed by atoms with Crippen molar-refractivity contribution in [1.29, 1.82) is 0 Å². The van der Waals surface area contributed by atoms with Crippen LogP contribution >= 0.6 is 0 Å². The molecule has 0 bridgehead atoms. The third-order valence-electron chi connectivity index (χ3n) is 8.93. The number of allylic oxidation sites excluding steroid dienone is 2. The van der Waals surface area contributed by atoms with E-state index in [4.69, 9.17) is 0 Å². The van der Waals surface area contributed by atoms with Crippen LogP contribution in [0, 0.1) is 13.8 Å². The lowest BCUT2D eigenvalue weighted by Crippen LogP contribution is -2.05. The second-order valence-corrected chi connectivity index (χ2v) is 11.3. The summed E-state index contributed by atoms with van der Waals surface area (Å²) in [5.41, 5.74) is 16.0. The van der Waals surface area contributed by atoms with Crippen LogP contribution in [0.3, 0.4) is 0 Å². The highest BCUT2D eigenvalue weighted by atomic mass is 15.0. The molecule has 0 amide bonds. The van der Waals surface area contributed by atoms with E-state index in [0.717, 1.165) is 25.7 Å². The van der Waals surface area contributed by atoms with Crippen LogP contribution in [0.5, 0.6) is 0 Å². The van der Waals surface area contributed by atoms with E-state index in [0.29, 0.717) is 0 Å². The zero-order valence-corrected chi connectivity index (χ0v) is 23.1. The maximum absolute atomic E-state index is 2.53. The van der Waals surface area contributed by atoms with Crippen molar-refractivity contribution in [2.45, 2.75) is 39.5 Å². The van der Waals surface area contributed by atoms with Crippen molar-refractivity contribution in [2.75, 3.05) is 0 Å². The first-order valence-electron chi connectivity index (χ1n) is 14.5. The summed E-state index contributed by atoms with van der Waals surface area (Å²) in [5, 5.41) is 2.59. The molecule has 2 heterocycles. The molecule has 0 radical (unpaired) electrons. The van der Waals surface area contributed by atoms with Crippen LogP contribution in [0.1, 0.15) is 46.5 Å². The van der Waals surface area contributed by atoms with Crippen molar-refractivity contribution >= 4 is 34.0 Å². The minimum absolute atomic E-state index is 1.11. The quantitative estimate of drug-likeness (QED) is 0.221. The summed E-state index contributed by atoms with van der Waals surface area (Å²) < 4.78 is 4.93. The number of aromatic nitrogens is 2. The fourth-order valence-corrected chi connectivity index (χ4v) is 7.11. The van der Waals surface area contributed by atoms with Gasteiger partial charge in [0.25, 0.3) is 0 Å². The van der Waals surface area contributed by atoms with Crippen molar-refractivity contribution in [3.05, 3.63) is 131 Å². The number of fused-ring (bicyclic) bond motifs is 6. The first-order valence-corrected chi connectivity index (χ1v) is 14.5. The van der Waals surface area contributed by atoms with Crippen molar-refractivity contribution in [3.8, 4) is 22.5 Å². The Hall–Kier alpha value is -4.56. The van der Waals surface area contributed by atoms with Crippen LogP contribution in [0.25, 0.3) is 56.5 Å². The van der Waals surface area contributed by atoms with Gasteiger partial charge in [0.2, 0.25) is 0 Å². The van der Waals surface area contributed by atoms with E-state index in [2.05, 4.69) is 132 Å². The molecule has 6 aromatic rings. The van der Waals surface area contributed by atoms with Gasteiger partial charge in [-0.05, 0) is 115 Å². The third kappa shape index (κ3) is 3.42. The van der Waals surface area contributed by atoms with Crippen LogP contribution in [0.4, 0.5) is 0 Å². The molecule has 2 aliphatic carbocycles. The lowest BCUT2D eigenvalue weighted by atomic mass is 9.95. The molecule has 2 heteroatoms. The normalized spacial score (nSPS) is 14.2. The molecule has 40 heavy (non-hydrogen) atoms. The molecule has 0 saturated heterocycles. The average Bonchev–Trinajstić information content (AvgIpc) is 3.51. The first-order chi connectivity index (χ1) is 19.7. The number of rotatable bonds is 3. The van der Waals surface area contributed by atoms with E-state index in [-0.39, 0.29) is 0 Å². The summed E-state index contributed by atoms with van der Waals surface area (Å²) in [7, 11) is 0. The monoisotopic (exact) mass is 516 g/mol. The molecule has 8 rings (SSSR count). The molecule has 0 saturated carbocycles. The molecule has 4 aromatic carbocycles. The van der Waals surface area contributed by atoms with Gasteiger partial charge in [-0.15, -0.1) is 0 Å². The maximum atomic E-state index is 2.53. The van der Waals surface area contributed by atoms with Gasteiger partial charge in [-0.25, -0.2) is 0 Å². The fraction of sp³-hybridized carbons (Fsp3) is 0.158. The van der Waals surface area contributed by atoms with E-state index in [1.54, 1.807) is 0 Å². The van der Waals surface area contributed by atoms with Gasteiger partial charge in [0.05, 0.1) is 11.0 Å². The van der Waals surface area contributed by atoms with Gasteiger partial charge in [-0.3, -0.25) is 0 Å². The van der Waals surface area contributed by atoms with Crippen molar-refractivity contribution in [2.24, 2.45) is 0 Å². The van der Waals surface area contributed by atoms with Gasteiger partial charge in [-0.2, -0.15) is 0 Å². The Morgan fingerprint density at radius 1 is 0.575 bits per heavy atom. The number of hydrogen-bond acceptors (Lipinski definition) is 0. The fourth-order valence-electron chi connectivity index (χ4n) is 7.11. The smallest absolute Gasteiger partial charge is 0.0541 e. The molecule has 2 aliphatic rings. The molecular weight excluding hydrogens is 484 g/mol. The Morgan fingerprint density at radius 3 is 1.80 bits per heavy atom. The van der Waals surface area contributed by atoms with Crippen molar-refractivity contribution in [3.63, 3.8) is 0 Å². The molecule has 2 aromatic heterocycles. The second kappa shape index (κ2) is 8.99. The minimum atomic E-state index is 1.11. The molecule has 0 atom stereocenters. The summed E-state index contributed by atoms with van der Waals surface area (Å²) in [6, 6.07) is 31.4. The van der Waals surface area contributed by atoms with Gasteiger partial charge in [-0.1, -0.05) is 66.8 Å². The number of para-hydroxylation sites is 2. The highest BCUT2D eigenvalue weighted by Crippen LogP contribution is 2.38. The number of benzene rings is 4. The predicted molar refractivity (Wildman–Crippen MR) is 170 cm³/mol. The summed E-state index contributed by atoms with van der Waals surface area (Å²) in [5.74, 6) is 0. The van der Waals surface area contributed by atoms with Gasteiger partial charge in [0, 0.05) is 33.5 Å². The topological polar surface area (TPSA) is 9.86 Å². The highest BCUT2D eigenvalue weighted by molar-refractivity contribution is 6.09. The zero-order chi connectivity index (χ0) is 26.8. The molecule has 0 spiro atoms. The number of hydrogen-bond donors (Lipinski definition) is 0. The van der Waals surface area contributed by atoms with E-state index in [1.807, 2.05) is 0 Å². The van der Waals surface area contributed by atoms with E-state index in [1.165, 1.54) is 77.9 Å². The molecule has 0 unspecified atom stereocenters.